The first-order valence-electron chi connectivity index (χ1n) is 4.16. The molecule has 0 radical (unpaired) electrons. The van der Waals surface area contributed by atoms with Gasteiger partial charge in [-0.2, -0.15) is 0 Å². The molecule has 1 aromatic carbocycles. The lowest BCUT2D eigenvalue weighted by molar-refractivity contribution is 0.0658. The molecule has 0 aliphatic carbocycles. The molecule has 0 unspecified atom stereocenters. The molecule has 1 aromatic heterocycles. The molecular formula is C10H4F2O4. The van der Waals surface area contributed by atoms with Crippen LogP contribution in [0.4, 0.5) is 8.78 Å². The van der Waals surface area contributed by atoms with Gasteiger partial charge >= 0.3 is 11.6 Å². The normalized spacial score (nSPS) is 10.6. The predicted molar refractivity (Wildman–Crippen MR) is 49.4 cm³/mol. The van der Waals surface area contributed by atoms with Gasteiger partial charge in [-0.15, -0.1) is 0 Å². The van der Waals surface area contributed by atoms with Crippen LogP contribution in [0.5, 0.6) is 0 Å². The van der Waals surface area contributed by atoms with Gasteiger partial charge in [0.1, 0.15) is 17.0 Å². The largest absolute Gasteiger partial charge is 0.475 e. The summed E-state index contributed by atoms with van der Waals surface area (Å²) in [5.41, 5.74) is -1.22. The van der Waals surface area contributed by atoms with Crippen LogP contribution in [0.25, 0.3) is 10.8 Å². The smallest absolute Gasteiger partial charge is 0.371 e. The molecule has 0 saturated heterocycles. The number of rotatable bonds is 1. The fraction of sp³-hybridized carbons (Fsp3) is 0. The molecular weight excluding hydrogens is 222 g/mol. The molecule has 1 heterocycles. The van der Waals surface area contributed by atoms with Gasteiger partial charge in [-0.25, -0.2) is 18.4 Å². The summed E-state index contributed by atoms with van der Waals surface area (Å²) in [6.07, 6.45) is 0. The van der Waals surface area contributed by atoms with E-state index in [9.17, 15) is 18.4 Å². The van der Waals surface area contributed by atoms with Gasteiger partial charge in [0, 0.05) is 5.39 Å². The van der Waals surface area contributed by atoms with Crippen molar-refractivity contribution < 1.29 is 23.1 Å². The van der Waals surface area contributed by atoms with E-state index in [4.69, 9.17) is 5.11 Å². The van der Waals surface area contributed by atoms with E-state index in [1.165, 1.54) is 0 Å². The Morgan fingerprint density at radius 3 is 2.50 bits per heavy atom. The number of carboxylic acid groups (broad SMARTS) is 1. The topological polar surface area (TPSA) is 67.5 Å². The van der Waals surface area contributed by atoms with Crippen molar-refractivity contribution in [3.05, 3.63) is 46.0 Å². The van der Waals surface area contributed by atoms with Crippen LogP contribution < -0.4 is 5.63 Å². The lowest BCUT2D eigenvalue weighted by Crippen LogP contribution is -2.08. The quantitative estimate of drug-likeness (QED) is 0.804. The molecule has 4 nitrogen and oxygen atoms in total. The monoisotopic (exact) mass is 226 g/mol. The van der Waals surface area contributed by atoms with Gasteiger partial charge in [0.15, 0.2) is 0 Å². The van der Waals surface area contributed by atoms with Crippen LogP contribution >= 0.6 is 0 Å². The van der Waals surface area contributed by atoms with Crippen LogP contribution in [0.15, 0.2) is 27.4 Å². The Morgan fingerprint density at radius 1 is 1.25 bits per heavy atom. The highest BCUT2D eigenvalue weighted by molar-refractivity contribution is 5.91. The Balaban J connectivity index is 2.98. The molecule has 0 saturated carbocycles. The van der Waals surface area contributed by atoms with Crippen molar-refractivity contribution in [3.63, 3.8) is 0 Å². The lowest BCUT2D eigenvalue weighted by Gasteiger charge is -2.00. The van der Waals surface area contributed by atoms with Gasteiger partial charge in [0.05, 0.1) is 0 Å². The van der Waals surface area contributed by atoms with Gasteiger partial charge in [-0.05, 0) is 18.2 Å². The zero-order valence-corrected chi connectivity index (χ0v) is 7.66. The zero-order valence-electron chi connectivity index (χ0n) is 7.66. The fourth-order valence-corrected chi connectivity index (χ4v) is 1.33. The Morgan fingerprint density at radius 2 is 1.88 bits per heavy atom. The van der Waals surface area contributed by atoms with E-state index < -0.39 is 39.8 Å². The van der Waals surface area contributed by atoms with Crippen molar-refractivity contribution in [2.24, 2.45) is 0 Å². The average molecular weight is 226 g/mol. The third-order valence-electron chi connectivity index (χ3n) is 2.03. The van der Waals surface area contributed by atoms with E-state index in [-0.39, 0.29) is 0 Å². The van der Waals surface area contributed by atoms with Gasteiger partial charge in [-0.1, -0.05) is 0 Å². The number of carboxylic acids is 1. The molecule has 16 heavy (non-hydrogen) atoms. The first-order valence-corrected chi connectivity index (χ1v) is 4.16. The third-order valence-corrected chi connectivity index (χ3v) is 2.03. The Hall–Kier alpha value is -2.24. The zero-order chi connectivity index (χ0) is 11.9. The molecule has 2 aromatic rings. The van der Waals surface area contributed by atoms with Gasteiger partial charge < -0.3 is 9.52 Å². The van der Waals surface area contributed by atoms with Gasteiger partial charge in [0.2, 0.25) is 5.76 Å². The summed E-state index contributed by atoms with van der Waals surface area (Å²) >= 11 is 0. The average Bonchev–Trinajstić information content (AvgIpc) is 2.22. The lowest BCUT2D eigenvalue weighted by atomic mass is 10.1. The van der Waals surface area contributed by atoms with Gasteiger partial charge in [-0.3, -0.25) is 0 Å². The Labute approximate surface area is 86.7 Å². The van der Waals surface area contributed by atoms with Crippen molar-refractivity contribution in [2.75, 3.05) is 0 Å². The molecule has 82 valence electrons. The van der Waals surface area contributed by atoms with Crippen molar-refractivity contribution in [1.82, 2.24) is 0 Å². The van der Waals surface area contributed by atoms with Crippen LogP contribution in [-0.2, 0) is 0 Å². The van der Waals surface area contributed by atoms with E-state index in [1.807, 2.05) is 0 Å². The maximum Gasteiger partial charge on any atom is 0.371 e. The molecule has 1 N–H and O–H groups in total. The van der Waals surface area contributed by atoms with E-state index >= 15 is 0 Å². The van der Waals surface area contributed by atoms with Gasteiger partial charge in [0.25, 0.3) is 0 Å². The summed E-state index contributed by atoms with van der Waals surface area (Å²) in [5.74, 6) is -4.10. The number of hydrogen-bond acceptors (Lipinski definition) is 3. The van der Waals surface area contributed by atoms with Crippen molar-refractivity contribution in [1.29, 1.82) is 0 Å². The van der Waals surface area contributed by atoms with Crippen LogP contribution in [-0.4, -0.2) is 11.1 Å². The summed E-state index contributed by atoms with van der Waals surface area (Å²) in [6.45, 7) is 0. The van der Waals surface area contributed by atoms with E-state index in [1.54, 1.807) is 0 Å². The number of benzene rings is 1. The summed E-state index contributed by atoms with van der Waals surface area (Å²) in [4.78, 5) is 21.8. The van der Waals surface area contributed by atoms with Crippen LogP contribution in [0, 0.1) is 11.6 Å². The minimum atomic E-state index is -1.53. The Bertz CT molecular complexity index is 645. The van der Waals surface area contributed by atoms with Crippen molar-refractivity contribution in [2.45, 2.75) is 0 Å². The molecule has 0 aliphatic heterocycles. The van der Waals surface area contributed by atoms with Crippen LogP contribution in [0.1, 0.15) is 10.6 Å². The highest BCUT2D eigenvalue weighted by atomic mass is 19.1. The van der Waals surface area contributed by atoms with E-state index in [2.05, 4.69) is 4.42 Å². The number of aromatic carboxylic acids is 1. The molecule has 2 rings (SSSR count). The second-order valence-electron chi connectivity index (χ2n) is 3.02. The predicted octanol–water partition coefficient (Wildman–Crippen LogP) is 1.77. The molecule has 0 aliphatic rings. The van der Waals surface area contributed by atoms with E-state index in [0.29, 0.717) is 0 Å². The second kappa shape index (κ2) is 3.41. The third kappa shape index (κ3) is 1.44. The van der Waals surface area contributed by atoms with Crippen molar-refractivity contribution >= 4 is 16.7 Å². The number of carbonyl (C=O) groups is 1. The number of fused-ring (bicyclic) bond motifs is 1. The number of hydrogen-bond donors (Lipinski definition) is 1. The maximum atomic E-state index is 13.2. The standard InChI is InChI=1S/C10H4F2O4/c11-5-1-2-6(12)8-4(5)3-7(9(13)14)16-10(8)15/h1-3H,(H,13,14). The van der Waals surface area contributed by atoms with Crippen LogP contribution in [0.3, 0.4) is 0 Å². The summed E-state index contributed by atoms with van der Waals surface area (Å²) in [7, 11) is 0. The summed E-state index contributed by atoms with van der Waals surface area (Å²) < 4.78 is 30.8. The van der Waals surface area contributed by atoms with E-state index in [0.717, 1.165) is 18.2 Å². The Kier molecular flexibility index (Phi) is 2.19. The summed E-state index contributed by atoms with van der Waals surface area (Å²) in [5, 5.41) is 7.58. The molecule has 0 bridgehead atoms. The van der Waals surface area contributed by atoms with Crippen molar-refractivity contribution in [3.8, 4) is 0 Å². The SMILES string of the molecule is O=C(O)c1cc2c(F)ccc(F)c2c(=O)o1. The first kappa shape index (κ1) is 10.3. The highest BCUT2D eigenvalue weighted by Gasteiger charge is 2.15. The molecule has 0 amide bonds. The molecule has 6 heteroatoms. The highest BCUT2D eigenvalue weighted by Crippen LogP contribution is 2.19. The minimum absolute atomic E-state index is 0.409. The molecule has 0 fully saturated rings. The molecule has 0 spiro atoms. The second-order valence-corrected chi connectivity index (χ2v) is 3.02. The fourth-order valence-electron chi connectivity index (χ4n) is 1.33. The minimum Gasteiger partial charge on any atom is -0.475 e. The van der Waals surface area contributed by atoms with Crippen LogP contribution in [0.2, 0.25) is 0 Å². The summed E-state index contributed by atoms with van der Waals surface area (Å²) in [6, 6.07) is 2.36. The maximum absolute atomic E-state index is 13.2. The number of halogens is 2. The molecule has 0 atom stereocenters. The first-order chi connectivity index (χ1) is 7.50.